The standard InChI is InChI=1S/C10H9ClF3NO4/c1-18-7(16)2-6-5(3-11)4-15-9(8(6)17)19-10(12,13)14/h4,17H,2-3H2,1H3. The Bertz CT molecular complexity index is 479. The summed E-state index contributed by atoms with van der Waals surface area (Å²) >= 11 is 5.55. The van der Waals surface area contributed by atoms with Crippen LogP contribution in [0.2, 0.25) is 0 Å². The molecule has 0 amide bonds. The van der Waals surface area contributed by atoms with E-state index in [1.807, 2.05) is 0 Å². The first-order chi connectivity index (χ1) is 8.78. The van der Waals surface area contributed by atoms with Crippen molar-refractivity contribution in [3.63, 3.8) is 0 Å². The number of hydrogen-bond donors (Lipinski definition) is 1. The molecule has 0 radical (unpaired) electrons. The molecular weight excluding hydrogens is 291 g/mol. The Morgan fingerprint density at radius 2 is 2.16 bits per heavy atom. The van der Waals surface area contributed by atoms with Gasteiger partial charge in [-0.25, -0.2) is 4.98 Å². The summed E-state index contributed by atoms with van der Waals surface area (Å²) in [6, 6.07) is 0. The second-order valence-electron chi connectivity index (χ2n) is 3.35. The highest BCUT2D eigenvalue weighted by molar-refractivity contribution is 6.17. The molecule has 1 heterocycles. The predicted octanol–water partition coefficient (Wildman–Crippen LogP) is 2.14. The molecule has 0 fully saturated rings. The van der Waals surface area contributed by atoms with Crippen LogP contribution in [0.4, 0.5) is 13.2 Å². The largest absolute Gasteiger partial charge is 0.574 e. The van der Waals surface area contributed by atoms with E-state index in [0.29, 0.717) is 0 Å². The zero-order valence-electron chi connectivity index (χ0n) is 9.62. The van der Waals surface area contributed by atoms with Crippen molar-refractivity contribution in [2.45, 2.75) is 18.7 Å². The van der Waals surface area contributed by atoms with Crippen LogP contribution in [0.25, 0.3) is 0 Å². The molecule has 5 nitrogen and oxygen atoms in total. The summed E-state index contributed by atoms with van der Waals surface area (Å²) in [6.45, 7) is 0. The van der Waals surface area contributed by atoms with Gasteiger partial charge in [0.1, 0.15) is 0 Å². The van der Waals surface area contributed by atoms with E-state index < -0.39 is 30.4 Å². The molecule has 0 spiro atoms. The molecule has 0 aromatic carbocycles. The molecule has 0 saturated heterocycles. The number of ether oxygens (including phenoxy) is 2. The van der Waals surface area contributed by atoms with E-state index in [2.05, 4.69) is 14.5 Å². The third-order valence-electron chi connectivity index (χ3n) is 2.12. The van der Waals surface area contributed by atoms with Gasteiger partial charge >= 0.3 is 12.3 Å². The number of halogens is 4. The Morgan fingerprint density at radius 3 is 2.63 bits per heavy atom. The highest BCUT2D eigenvalue weighted by Gasteiger charge is 2.34. The number of methoxy groups -OCH3 is 1. The Balaban J connectivity index is 3.18. The van der Waals surface area contributed by atoms with Crippen molar-refractivity contribution in [2.75, 3.05) is 7.11 Å². The molecule has 0 unspecified atom stereocenters. The molecule has 0 aliphatic rings. The lowest BCUT2D eigenvalue weighted by atomic mass is 10.1. The van der Waals surface area contributed by atoms with E-state index in [0.717, 1.165) is 13.3 Å². The quantitative estimate of drug-likeness (QED) is 0.681. The van der Waals surface area contributed by atoms with E-state index in [-0.39, 0.29) is 17.0 Å². The minimum atomic E-state index is -5.00. The smallest absolute Gasteiger partial charge is 0.503 e. The third-order valence-corrected chi connectivity index (χ3v) is 2.41. The monoisotopic (exact) mass is 299 g/mol. The molecule has 0 atom stereocenters. The van der Waals surface area contributed by atoms with E-state index in [1.54, 1.807) is 0 Å². The van der Waals surface area contributed by atoms with Crippen molar-refractivity contribution in [1.29, 1.82) is 0 Å². The molecule has 1 aromatic rings. The first-order valence-electron chi connectivity index (χ1n) is 4.86. The summed E-state index contributed by atoms with van der Waals surface area (Å²) < 4.78 is 44.1. The normalized spacial score (nSPS) is 11.2. The summed E-state index contributed by atoms with van der Waals surface area (Å²) in [7, 11) is 1.11. The maximum Gasteiger partial charge on any atom is 0.574 e. The van der Waals surface area contributed by atoms with Gasteiger partial charge < -0.3 is 14.6 Å². The number of rotatable bonds is 4. The summed E-state index contributed by atoms with van der Waals surface area (Å²) in [5.74, 6) is -2.81. The first kappa shape index (κ1) is 15.4. The average molecular weight is 300 g/mol. The number of carbonyl (C=O) groups excluding carboxylic acids is 1. The van der Waals surface area contributed by atoms with Crippen LogP contribution in [0.15, 0.2) is 6.20 Å². The number of hydrogen-bond acceptors (Lipinski definition) is 5. The number of aromatic nitrogens is 1. The molecule has 0 aliphatic carbocycles. The Morgan fingerprint density at radius 1 is 1.53 bits per heavy atom. The zero-order chi connectivity index (χ0) is 14.6. The topological polar surface area (TPSA) is 68.7 Å². The van der Waals surface area contributed by atoms with Gasteiger partial charge in [0, 0.05) is 17.6 Å². The van der Waals surface area contributed by atoms with Crippen LogP contribution in [0.3, 0.4) is 0 Å². The summed E-state index contributed by atoms with van der Waals surface area (Å²) in [6.07, 6.45) is -4.46. The van der Waals surface area contributed by atoms with Crippen molar-refractivity contribution >= 4 is 17.6 Å². The van der Waals surface area contributed by atoms with Gasteiger partial charge in [0.25, 0.3) is 5.88 Å². The number of nitrogens with zero attached hydrogens (tertiary/aromatic N) is 1. The predicted molar refractivity (Wildman–Crippen MR) is 57.9 cm³/mol. The van der Waals surface area contributed by atoms with Crippen molar-refractivity contribution in [1.82, 2.24) is 4.98 Å². The van der Waals surface area contributed by atoms with Gasteiger partial charge in [0.15, 0.2) is 5.75 Å². The van der Waals surface area contributed by atoms with Gasteiger partial charge in [-0.3, -0.25) is 4.79 Å². The molecule has 0 aliphatic heterocycles. The van der Waals surface area contributed by atoms with Crippen LogP contribution < -0.4 is 4.74 Å². The van der Waals surface area contributed by atoms with Crippen molar-refractivity contribution in [3.8, 4) is 11.6 Å². The maximum absolute atomic E-state index is 12.1. The van der Waals surface area contributed by atoms with Crippen LogP contribution >= 0.6 is 11.6 Å². The molecule has 0 bridgehead atoms. The fraction of sp³-hybridized carbons (Fsp3) is 0.400. The molecule has 19 heavy (non-hydrogen) atoms. The lowest BCUT2D eigenvalue weighted by molar-refractivity contribution is -0.276. The Labute approximate surface area is 110 Å². The summed E-state index contributed by atoms with van der Waals surface area (Å²) in [5.41, 5.74) is 0.0928. The molecular formula is C10H9ClF3NO4. The second-order valence-corrected chi connectivity index (χ2v) is 3.62. The fourth-order valence-electron chi connectivity index (χ4n) is 1.27. The molecule has 106 valence electrons. The SMILES string of the molecule is COC(=O)Cc1c(CCl)cnc(OC(F)(F)F)c1O. The Kier molecular flexibility index (Phi) is 4.82. The van der Waals surface area contributed by atoms with Crippen molar-refractivity contribution in [3.05, 3.63) is 17.3 Å². The van der Waals surface area contributed by atoms with Gasteiger partial charge in [0.05, 0.1) is 13.5 Å². The van der Waals surface area contributed by atoms with Crippen LogP contribution in [-0.2, 0) is 21.8 Å². The van der Waals surface area contributed by atoms with Crippen LogP contribution in [0, 0.1) is 0 Å². The van der Waals surface area contributed by atoms with Crippen LogP contribution in [0.5, 0.6) is 11.6 Å². The first-order valence-corrected chi connectivity index (χ1v) is 5.40. The van der Waals surface area contributed by atoms with E-state index >= 15 is 0 Å². The second kappa shape index (κ2) is 5.96. The van der Waals surface area contributed by atoms with E-state index in [4.69, 9.17) is 11.6 Å². The minimum Gasteiger partial charge on any atom is -0.503 e. The van der Waals surface area contributed by atoms with Crippen LogP contribution in [0.1, 0.15) is 11.1 Å². The van der Waals surface area contributed by atoms with Gasteiger partial charge in [0.2, 0.25) is 0 Å². The van der Waals surface area contributed by atoms with Crippen molar-refractivity contribution < 1.29 is 32.5 Å². The number of aromatic hydroxyl groups is 1. The van der Waals surface area contributed by atoms with Crippen LogP contribution in [-0.4, -0.2) is 29.5 Å². The lowest BCUT2D eigenvalue weighted by Gasteiger charge is -2.13. The molecule has 9 heteroatoms. The number of carbonyl (C=O) groups is 1. The average Bonchev–Trinajstić information content (AvgIpc) is 2.32. The van der Waals surface area contributed by atoms with Gasteiger partial charge in [-0.2, -0.15) is 0 Å². The molecule has 1 rings (SSSR count). The summed E-state index contributed by atoms with van der Waals surface area (Å²) in [5, 5.41) is 9.65. The lowest BCUT2D eigenvalue weighted by Crippen LogP contribution is -2.19. The zero-order valence-corrected chi connectivity index (χ0v) is 10.4. The number of esters is 1. The maximum atomic E-state index is 12.1. The highest BCUT2D eigenvalue weighted by Crippen LogP contribution is 2.34. The van der Waals surface area contributed by atoms with Gasteiger partial charge in [-0.05, 0) is 5.56 Å². The minimum absolute atomic E-state index is 0.115. The third kappa shape index (κ3) is 4.16. The van der Waals surface area contributed by atoms with Gasteiger partial charge in [-0.15, -0.1) is 24.8 Å². The Hall–Kier alpha value is -1.70. The van der Waals surface area contributed by atoms with E-state index in [1.165, 1.54) is 0 Å². The van der Waals surface area contributed by atoms with E-state index in [9.17, 15) is 23.1 Å². The number of pyridine rings is 1. The highest BCUT2D eigenvalue weighted by atomic mass is 35.5. The van der Waals surface area contributed by atoms with Gasteiger partial charge in [-0.1, -0.05) is 0 Å². The fourth-order valence-corrected chi connectivity index (χ4v) is 1.50. The number of alkyl halides is 4. The molecule has 1 aromatic heterocycles. The summed E-state index contributed by atoms with van der Waals surface area (Å²) in [4.78, 5) is 14.4. The molecule has 1 N–H and O–H groups in total. The molecule has 0 saturated carbocycles. The van der Waals surface area contributed by atoms with Crippen molar-refractivity contribution in [2.24, 2.45) is 0 Å².